The summed E-state index contributed by atoms with van der Waals surface area (Å²) in [4.78, 5) is 38.2. The number of unbranched alkanes of at least 4 members (excludes halogenated alkanes) is 43. The van der Waals surface area contributed by atoms with Gasteiger partial charge in [-0.15, -0.1) is 0 Å². The Morgan fingerprint density at radius 2 is 0.515 bits per heavy atom. The zero-order valence-corrected chi connectivity index (χ0v) is 46.6. The Balaban J connectivity index is 4.27. The second-order valence-electron chi connectivity index (χ2n) is 21.6. The molecule has 0 spiro atoms. The first-order valence-electron chi connectivity index (χ1n) is 30.9. The molecule has 404 valence electrons. The molecule has 0 heterocycles. The van der Waals surface area contributed by atoms with Gasteiger partial charge in [0.1, 0.15) is 13.2 Å². The summed E-state index contributed by atoms with van der Waals surface area (Å²) < 4.78 is 16.9. The van der Waals surface area contributed by atoms with E-state index in [0.717, 1.165) is 63.7 Å². The van der Waals surface area contributed by atoms with Gasteiger partial charge in [0.25, 0.3) is 0 Å². The van der Waals surface area contributed by atoms with Crippen LogP contribution in [0.15, 0.2) is 0 Å². The fourth-order valence-electron chi connectivity index (χ4n) is 9.60. The van der Waals surface area contributed by atoms with E-state index in [2.05, 4.69) is 27.7 Å². The fourth-order valence-corrected chi connectivity index (χ4v) is 9.60. The third kappa shape index (κ3) is 53.8. The summed E-state index contributed by atoms with van der Waals surface area (Å²) in [7, 11) is 0. The second-order valence-corrected chi connectivity index (χ2v) is 21.6. The highest BCUT2D eigenvalue weighted by atomic mass is 16.6. The lowest BCUT2D eigenvalue weighted by Crippen LogP contribution is -2.30. The Morgan fingerprint density at radius 3 is 0.765 bits per heavy atom. The van der Waals surface area contributed by atoms with Crippen molar-refractivity contribution in [2.24, 2.45) is 5.92 Å². The second kappa shape index (κ2) is 56.3. The van der Waals surface area contributed by atoms with Gasteiger partial charge >= 0.3 is 17.9 Å². The molecule has 68 heavy (non-hydrogen) atoms. The van der Waals surface area contributed by atoms with E-state index in [1.54, 1.807) is 0 Å². The molecule has 2 atom stereocenters. The van der Waals surface area contributed by atoms with E-state index in [-0.39, 0.29) is 31.1 Å². The third-order valence-electron chi connectivity index (χ3n) is 14.7. The highest BCUT2D eigenvalue weighted by Gasteiger charge is 2.19. The van der Waals surface area contributed by atoms with Gasteiger partial charge in [-0.3, -0.25) is 14.4 Å². The minimum atomic E-state index is -0.762. The van der Waals surface area contributed by atoms with Crippen molar-refractivity contribution in [2.45, 2.75) is 361 Å². The maximum Gasteiger partial charge on any atom is 0.306 e. The molecular formula is C62H120O6. The molecule has 0 aliphatic rings. The first kappa shape index (κ1) is 66.4. The Hall–Kier alpha value is -1.59. The van der Waals surface area contributed by atoms with Gasteiger partial charge in [-0.1, -0.05) is 317 Å². The maximum absolute atomic E-state index is 12.9. The molecule has 0 aliphatic carbocycles. The van der Waals surface area contributed by atoms with Crippen LogP contribution in [0, 0.1) is 5.92 Å². The van der Waals surface area contributed by atoms with Crippen LogP contribution in [-0.4, -0.2) is 37.2 Å². The van der Waals surface area contributed by atoms with E-state index < -0.39 is 6.10 Å². The van der Waals surface area contributed by atoms with Crippen LogP contribution in [0.5, 0.6) is 0 Å². The summed E-state index contributed by atoms with van der Waals surface area (Å²) in [6, 6.07) is 0. The zero-order chi connectivity index (χ0) is 49.5. The third-order valence-corrected chi connectivity index (χ3v) is 14.7. The van der Waals surface area contributed by atoms with Gasteiger partial charge in [-0.2, -0.15) is 0 Å². The summed E-state index contributed by atoms with van der Waals surface area (Å²) in [6.07, 6.45) is 62.3. The Bertz CT molecular complexity index is 1030. The monoisotopic (exact) mass is 961 g/mol. The minimum absolute atomic E-state index is 0.0614. The number of carbonyl (C=O) groups excluding carboxylic acids is 3. The van der Waals surface area contributed by atoms with E-state index in [4.69, 9.17) is 14.2 Å². The van der Waals surface area contributed by atoms with Crippen LogP contribution in [0.25, 0.3) is 0 Å². The van der Waals surface area contributed by atoms with E-state index in [9.17, 15) is 14.4 Å². The maximum atomic E-state index is 12.9. The van der Waals surface area contributed by atoms with Crippen molar-refractivity contribution in [1.29, 1.82) is 0 Å². The number of hydrogen-bond acceptors (Lipinski definition) is 6. The van der Waals surface area contributed by atoms with E-state index in [1.807, 2.05) is 0 Å². The summed E-state index contributed by atoms with van der Waals surface area (Å²) in [5.74, 6) is 0.0637. The van der Waals surface area contributed by atoms with Crippen LogP contribution < -0.4 is 0 Å². The molecular weight excluding hydrogens is 841 g/mol. The number of ether oxygens (including phenoxy) is 3. The highest BCUT2D eigenvalue weighted by molar-refractivity contribution is 5.71. The molecule has 0 aromatic rings. The van der Waals surface area contributed by atoms with E-state index in [0.29, 0.717) is 19.3 Å². The van der Waals surface area contributed by atoms with E-state index in [1.165, 1.54) is 250 Å². The summed E-state index contributed by atoms with van der Waals surface area (Å²) in [5.41, 5.74) is 0. The van der Waals surface area contributed by atoms with Crippen LogP contribution in [0.1, 0.15) is 355 Å². The van der Waals surface area contributed by atoms with Gasteiger partial charge in [-0.05, 0) is 25.2 Å². The molecule has 0 saturated heterocycles. The van der Waals surface area contributed by atoms with Crippen molar-refractivity contribution >= 4 is 17.9 Å². The molecule has 0 bridgehead atoms. The summed E-state index contributed by atoms with van der Waals surface area (Å²) in [5, 5.41) is 0. The fraction of sp³-hybridized carbons (Fsp3) is 0.952. The van der Waals surface area contributed by atoms with Gasteiger partial charge in [0.2, 0.25) is 0 Å². The molecule has 0 rings (SSSR count). The number of rotatable bonds is 57. The SMILES string of the molecule is CCCCCCCCCCCCCCCCCCCCCC(=O)OC[C@H](COC(=O)CCCCCCCCCCCCCCC)OC(=O)CCCCCCCCCCCCCCCCC(C)CC. The molecule has 1 unspecified atom stereocenters. The standard InChI is InChI=1S/C62H120O6/c1-5-8-10-12-14-16-18-20-21-22-23-24-25-30-34-38-42-46-50-54-61(64)67-57-59(56-66-60(63)53-49-45-41-37-33-28-19-17-15-13-11-9-6-2)68-62(65)55-51-47-43-39-35-31-27-26-29-32-36-40-44-48-52-58(4)7-3/h58-59H,5-57H2,1-4H3/t58?,59-/m0/s1. The molecule has 0 aromatic carbocycles. The smallest absolute Gasteiger partial charge is 0.306 e. The topological polar surface area (TPSA) is 78.9 Å². The van der Waals surface area contributed by atoms with Crippen molar-refractivity contribution in [2.75, 3.05) is 13.2 Å². The van der Waals surface area contributed by atoms with Crippen LogP contribution in [0.3, 0.4) is 0 Å². The average Bonchev–Trinajstić information content (AvgIpc) is 3.34. The predicted octanol–water partition coefficient (Wildman–Crippen LogP) is 20.6. The average molecular weight is 962 g/mol. The normalized spacial score (nSPS) is 12.4. The van der Waals surface area contributed by atoms with Gasteiger partial charge in [0, 0.05) is 19.3 Å². The number of esters is 3. The van der Waals surface area contributed by atoms with Crippen LogP contribution >= 0.6 is 0 Å². The molecule has 0 radical (unpaired) electrons. The largest absolute Gasteiger partial charge is 0.462 e. The Morgan fingerprint density at radius 1 is 0.294 bits per heavy atom. The first-order chi connectivity index (χ1) is 33.4. The minimum Gasteiger partial charge on any atom is -0.462 e. The lowest BCUT2D eigenvalue weighted by atomic mass is 9.99. The Labute approximate surface area is 425 Å². The van der Waals surface area contributed by atoms with Crippen LogP contribution in [-0.2, 0) is 28.6 Å². The van der Waals surface area contributed by atoms with Crippen LogP contribution in [0.2, 0.25) is 0 Å². The molecule has 0 N–H and O–H groups in total. The van der Waals surface area contributed by atoms with Gasteiger partial charge in [0.15, 0.2) is 6.10 Å². The molecule has 0 aliphatic heterocycles. The molecule has 0 amide bonds. The first-order valence-corrected chi connectivity index (χ1v) is 30.9. The molecule has 0 fully saturated rings. The van der Waals surface area contributed by atoms with Crippen molar-refractivity contribution < 1.29 is 28.6 Å². The molecule has 0 aromatic heterocycles. The molecule has 6 nitrogen and oxygen atoms in total. The van der Waals surface area contributed by atoms with Crippen molar-refractivity contribution in [3.63, 3.8) is 0 Å². The number of hydrogen-bond donors (Lipinski definition) is 0. The van der Waals surface area contributed by atoms with Crippen molar-refractivity contribution in [1.82, 2.24) is 0 Å². The lowest BCUT2D eigenvalue weighted by molar-refractivity contribution is -0.167. The number of carbonyl (C=O) groups is 3. The summed E-state index contributed by atoms with van der Waals surface area (Å²) >= 11 is 0. The molecule has 0 saturated carbocycles. The quantitative estimate of drug-likeness (QED) is 0.0343. The van der Waals surface area contributed by atoms with Crippen LogP contribution in [0.4, 0.5) is 0 Å². The predicted molar refractivity (Wildman–Crippen MR) is 293 cm³/mol. The van der Waals surface area contributed by atoms with Gasteiger partial charge in [-0.25, -0.2) is 0 Å². The summed E-state index contributed by atoms with van der Waals surface area (Å²) in [6.45, 7) is 9.11. The van der Waals surface area contributed by atoms with E-state index >= 15 is 0 Å². The zero-order valence-electron chi connectivity index (χ0n) is 46.6. The van der Waals surface area contributed by atoms with Crippen molar-refractivity contribution in [3.05, 3.63) is 0 Å². The van der Waals surface area contributed by atoms with Crippen molar-refractivity contribution in [3.8, 4) is 0 Å². The molecule has 6 heteroatoms. The van der Waals surface area contributed by atoms with Gasteiger partial charge in [0.05, 0.1) is 0 Å². The van der Waals surface area contributed by atoms with Gasteiger partial charge < -0.3 is 14.2 Å². The lowest BCUT2D eigenvalue weighted by Gasteiger charge is -2.18. The Kier molecular flexibility index (Phi) is 55.0. The highest BCUT2D eigenvalue weighted by Crippen LogP contribution is 2.19.